The van der Waals surface area contributed by atoms with Gasteiger partial charge in [-0.1, -0.05) is 12.1 Å². The molecule has 1 atom stereocenters. The quantitative estimate of drug-likeness (QED) is 0.902. The van der Waals surface area contributed by atoms with Crippen LogP contribution in [-0.2, 0) is 19.4 Å². The summed E-state index contributed by atoms with van der Waals surface area (Å²) < 4.78 is 28.4. The van der Waals surface area contributed by atoms with Crippen molar-refractivity contribution in [3.05, 3.63) is 53.6 Å². The fraction of sp³-hybridized carbons (Fsp3) is 0.357. The fourth-order valence-electron chi connectivity index (χ4n) is 2.06. The van der Waals surface area contributed by atoms with Crippen molar-refractivity contribution in [2.75, 3.05) is 0 Å². The van der Waals surface area contributed by atoms with Gasteiger partial charge in [0, 0.05) is 31.8 Å². The fourth-order valence-corrected chi connectivity index (χ4v) is 2.06. The second kappa shape index (κ2) is 5.93. The molecule has 0 aliphatic carbocycles. The van der Waals surface area contributed by atoms with E-state index in [-0.39, 0.29) is 12.0 Å². The van der Waals surface area contributed by atoms with Crippen LogP contribution in [0.2, 0.25) is 0 Å². The average Bonchev–Trinajstić information content (AvgIpc) is 2.82. The lowest BCUT2D eigenvalue weighted by molar-refractivity contribution is 0.170. The second-order valence-corrected chi connectivity index (χ2v) is 4.40. The summed E-state index contributed by atoms with van der Waals surface area (Å²) in [4.78, 5) is 4.14. The van der Waals surface area contributed by atoms with Crippen LogP contribution in [0, 0.1) is 11.6 Å². The Morgan fingerprint density at radius 3 is 2.84 bits per heavy atom. The van der Waals surface area contributed by atoms with Gasteiger partial charge in [-0.2, -0.15) is 0 Å². The third-order valence-corrected chi connectivity index (χ3v) is 3.05. The van der Waals surface area contributed by atoms with Crippen LogP contribution in [0.5, 0.6) is 0 Å². The van der Waals surface area contributed by atoms with Crippen LogP contribution >= 0.6 is 0 Å². The molecule has 0 amide bonds. The van der Waals surface area contributed by atoms with E-state index in [2.05, 4.69) is 4.98 Å². The van der Waals surface area contributed by atoms with Crippen LogP contribution < -0.4 is 0 Å². The normalized spacial score (nSPS) is 12.6. The van der Waals surface area contributed by atoms with E-state index in [9.17, 15) is 13.9 Å². The molecular weight excluding hydrogens is 250 g/mol. The summed E-state index contributed by atoms with van der Waals surface area (Å²) in [5, 5.41) is 9.97. The molecule has 0 aliphatic heterocycles. The van der Waals surface area contributed by atoms with Gasteiger partial charge in [-0.25, -0.2) is 13.8 Å². The third-order valence-electron chi connectivity index (χ3n) is 3.05. The maximum Gasteiger partial charge on any atom is 0.162 e. The molecule has 0 bridgehead atoms. The molecule has 1 unspecified atom stereocenters. The smallest absolute Gasteiger partial charge is 0.162 e. The zero-order valence-corrected chi connectivity index (χ0v) is 10.7. The molecule has 0 aliphatic rings. The van der Waals surface area contributed by atoms with Gasteiger partial charge in [0.1, 0.15) is 5.82 Å². The predicted molar refractivity (Wildman–Crippen MR) is 67.7 cm³/mol. The molecule has 1 heterocycles. The Bertz CT molecular complexity index is 554. The number of hydrogen-bond donors (Lipinski definition) is 1. The molecule has 5 heteroatoms. The van der Waals surface area contributed by atoms with Crippen molar-refractivity contribution < 1.29 is 13.9 Å². The lowest BCUT2D eigenvalue weighted by Crippen LogP contribution is -2.18. The summed E-state index contributed by atoms with van der Waals surface area (Å²) in [7, 11) is 0. The van der Waals surface area contributed by atoms with E-state index in [0.717, 1.165) is 18.4 Å². The monoisotopic (exact) mass is 266 g/mol. The number of aryl methyl sites for hydroxylation is 1. The van der Waals surface area contributed by atoms with E-state index >= 15 is 0 Å². The molecule has 1 aromatic carbocycles. The van der Waals surface area contributed by atoms with Gasteiger partial charge < -0.3 is 9.67 Å². The third kappa shape index (κ3) is 3.17. The zero-order valence-electron chi connectivity index (χ0n) is 10.7. The first-order valence-electron chi connectivity index (χ1n) is 6.22. The summed E-state index contributed by atoms with van der Waals surface area (Å²) in [6.45, 7) is 2.74. The molecule has 2 rings (SSSR count). The first-order chi connectivity index (χ1) is 9.11. The average molecular weight is 266 g/mol. The van der Waals surface area contributed by atoms with E-state index in [4.69, 9.17) is 0 Å². The van der Waals surface area contributed by atoms with Crippen molar-refractivity contribution in [2.24, 2.45) is 0 Å². The number of aliphatic hydroxyl groups excluding tert-OH is 1. The number of aromatic nitrogens is 2. The van der Waals surface area contributed by atoms with Crippen LogP contribution in [0.4, 0.5) is 8.78 Å². The Morgan fingerprint density at radius 1 is 1.32 bits per heavy atom. The molecule has 19 heavy (non-hydrogen) atoms. The summed E-state index contributed by atoms with van der Waals surface area (Å²) in [6.07, 6.45) is 3.08. The molecule has 0 spiro atoms. The van der Waals surface area contributed by atoms with Crippen LogP contribution in [0.3, 0.4) is 0 Å². The first-order valence-corrected chi connectivity index (χ1v) is 6.22. The number of rotatable bonds is 5. The number of aliphatic hydroxyl groups is 1. The van der Waals surface area contributed by atoms with Gasteiger partial charge >= 0.3 is 0 Å². The maximum absolute atomic E-state index is 13.5. The molecule has 0 radical (unpaired) electrons. The van der Waals surface area contributed by atoms with Gasteiger partial charge in [0.05, 0.1) is 6.10 Å². The Morgan fingerprint density at radius 2 is 2.11 bits per heavy atom. The van der Waals surface area contributed by atoms with E-state index < -0.39 is 17.7 Å². The minimum Gasteiger partial charge on any atom is -0.392 e. The van der Waals surface area contributed by atoms with Gasteiger partial charge in [-0.15, -0.1) is 0 Å². The number of halogens is 2. The molecule has 0 saturated carbocycles. The van der Waals surface area contributed by atoms with E-state index in [0.29, 0.717) is 6.42 Å². The van der Waals surface area contributed by atoms with Gasteiger partial charge in [-0.3, -0.25) is 0 Å². The zero-order chi connectivity index (χ0) is 13.8. The van der Waals surface area contributed by atoms with Crippen molar-refractivity contribution in [1.82, 2.24) is 9.55 Å². The van der Waals surface area contributed by atoms with E-state index in [1.165, 1.54) is 12.1 Å². The van der Waals surface area contributed by atoms with Crippen LogP contribution in [0.1, 0.15) is 18.3 Å². The van der Waals surface area contributed by atoms with E-state index in [1.54, 1.807) is 6.20 Å². The summed E-state index contributed by atoms with van der Waals surface area (Å²) in [6, 6.07) is 3.98. The summed E-state index contributed by atoms with van der Waals surface area (Å²) in [5.41, 5.74) is 0.183. The first kappa shape index (κ1) is 13.7. The summed E-state index contributed by atoms with van der Waals surface area (Å²) in [5.74, 6) is -1.04. The standard InChI is InChI=1S/C14H16F2N2O/c1-2-18-7-6-17-13(18)9-11(19)8-10-4-3-5-12(15)14(10)16/h3-7,11,19H,2,8-9H2,1H3. The van der Waals surface area contributed by atoms with E-state index in [1.807, 2.05) is 17.7 Å². The minimum atomic E-state index is -0.889. The Labute approximate surface area is 110 Å². The predicted octanol–water partition coefficient (Wildman–Crippen LogP) is 2.33. The molecule has 102 valence electrons. The Balaban J connectivity index is 2.05. The molecule has 0 saturated heterocycles. The lowest BCUT2D eigenvalue weighted by Gasteiger charge is -2.12. The maximum atomic E-state index is 13.5. The Kier molecular flexibility index (Phi) is 4.27. The van der Waals surface area contributed by atoms with Crippen LogP contribution in [-0.4, -0.2) is 20.8 Å². The molecular formula is C14H16F2N2O. The van der Waals surface area contributed by atoms with Crippen LogP contribution in [0.15, 0.2) is 30.6 Å². The Hall–Kier alpha value is -1.75. The largest absolute Gasteiger partial charge is 0.392 e. The van der Waals surface area contributed by atoms with Crippen molar-refractivity contribution in [1.29, 1.82) is 0 Å². The molecule has 2 aromatic rings. The van der Waals surface area contributed by atoms with Crippen molar-refractivity contribution >= 4 is 0 Å². The van der Waals surface area contributed by atoms with Gasteiger partial charge in [0.2, 0.25) is 0 Å². The molecule has 1 N–H and O–H groups in total. The number of nitrogens with zero attached hydrogens (tertiary/aromatic N) is 2. The second-order valence-electron chi connectivity index (χ2n) is 4.40. The van der Waals surface area contributed by atoms with Crippen molar-refractivity contribution in [3.63, 3.8) is 0 Å². The highest BCUT2D eigenvalue weighted by atomic mass is 19.2. The minimum absolute atomic E-state index is 0.0696. The highest BCUT2D eigenvalue weighted by Crippen LogP contribution is 2.15. The van der Waals surface area contributed by atoms with Gasteiger partial charge in [-0.05, 0) is 18.6 Å². The number of imidazole rings is 1. The highest BCUT2D eigenvalue weighted by molar-refractivity contribution is 5.20. The van der Waals surface area contributed by atoms with Crippen molar-refractivity contribution in [3.8, 4) is 0 Å². The van der Waals surface area contributed by atoms with Gasteiger partial charge in [0.25, 0.3) is 0 Å². The van der Waals surface area contributed by atoms with Gasteiger partial charge in [0.15, 0.2) is 11.6 Å². The highest BCUT2D eigenvalue weighted by Gasteiger charge is 2.14. The number of hydrogen-bond acceptors (Lipinski definition) is 2. The van der Waals surface area contributed by atoms with Crippen LogP contribution in [0.25, 0.3) is 0 Å². The molecule has 3 nitrogen and oxygen atoms in total. The lowest BCUT2D eigenvalue weighted by atomic mass is 10.0. The number of benzene rings is 1. The molecule has 0 fully saturated rings. The molecule has 1 aromatic heterocycles. The van der Waals surface area contributed by atoms with Crippen molar-refractivity contribution in [2.45, 2.75) is 32.4 Å². The SMILES string of the molecule is CCn1ccnc1CC(O)Cc1cccc(F)c1F. The summed E-state index contributed by atoms with van der Waals surface area (Å²) >= 11 is 0. The topological polar surface area (TPSA) is 38.0 Å².